The molecule has 0 aromatic heterocycles. The molecule has 6 fully saturated rings. The van der Waals surface area contributed by atoms with Crippen molar-refractivity contribution in [2.24, 2.45) is 34.5 Å². The maximum Gasteiger partial charge on any atom is 0.303 e. The van der Waals surface area contributed by atoms with Gasteiger partial charge in [0.2, 0.25) is 0 Å². The first-order chi connectivity index (χ1) is 19.4. The molecule has 9 atom stereocenters. The molecule has 6 aliphatic rings. The third-order valence-corrected chi connectivity index (χ3v) is 14.0. The second-order valence-electron chi connectivity index (χ2n) is 15.9. The standard InChI is InChI=1S/C34H57N2O5/c1-23(37)40-30-12-11-28-27-10-9-25-21-31(41-24(2)38)34(35-17-14-26(39)15-18-35,36(5)19-7-6-8-20-36)22-33(25,4)29(27)13-16-32(28,30)3/h25-31,39H,6-22H2,1-5H3/q+1/t25?,27-,28-,29+,30?,31?,32-,33-,34?/m0/s1. The number of piperidine rings is 2. The summed E-state index contributed by atoms with van der Waals surface area (Å²) in [4.78, 5) is 27.4. The molecule has 2 heterocycles. The molecule has 4 saturated carbocycles. The zero-order chi connectivity index (χ0) is 29.2. The Morgan fingerprint density at radius 2 is 1.44 bits per heavy atom. The van der Waals surface area contributed by atoms with E-state index in [2.05, 4.69) is 25.8 Å². The second-order valence-corrected chi connectivity index (χ2v) is 15.9. The van der Waals surface area contributed by atoms with Gasteiger partial charge in [0.15, 0.2) is 11.8 Å². The molecule has 0 amide bonds. The lowest BCUT2D eigenvalue weighted by atomic mass is 9.43. The van der Waals surface area contributed by atoms with Gasteiger partial charge in [-0.1, -0.05) is 13.8 Å². The average Bonchev–Trinajstić information content (AvgIpc) is 3.24. The van der Waals surface area contributed by atoms with E-state index in [0.717, 1.165) is 69.2 Å². The molecule has 41 heavy (non-hydrogen) atoms. The minimum atomic E-state index is -0.254. The zero-order valence-corrected chi connectivity index (χ0v) is 26.5. The summed E-state index contributed by atoms with van der Waals surface area (Å²) in [5.74, 6) is 2.23. The first-order valence-electron chi connectivity index (χ1n) is 17.1. The van der Waals surface area contributed by atoms with Crippen molar-refractivity contribution in [2.45, 2.75) is 135 Å². The summed E-state index contributed by atoms with van der Waals surface area (Å²) >= 11 is 0. The number of ether oxygens (including phenoxy) is 2. The maximum absolute atomic E-state index is 12.7. The molecule has 4 aliphatic carbocycles. The minimum Gasteiger partial charge on any atom is -0.462 e. The van der Waals surface area contributed by atoms with Crippen LogP contribution in [0.3, 0.4) is 0 Å². The smallest absolute Gasteiger partial charge is 0.303 e. The van der Waals surface area contributed by atoms with Crippen molar-refractivity contribution in [1.29, 1.82) is 0 Å². The first-order valence-corrected chi connectivity index (χ1v) is 17.1. The molecule has 0 aromatic rings. The van der Waals surface area contributed by atoms with Crippen LogP contribution in [0.25, 0.3) is 0 Å². The highest BCUT2D eigenvalue weighted by molar-refractivity contribution is 5.66. The van der Waals surface area contributed by atoms with Gasteiger partial charge in [0.25, 0.3) is 0 Å². The Labute approximate surface area is 248 Å². The fraction of sp³-hybridized carbons (Fsp3) is 0.941. The van der Waals surface area contributed by atoms with Crippen molar-refractivity contribution in [3.63, 3.8) is 0 Å². The largest absolute Gasteiger partial charge is 0.462 e. The SMILES string of the molecule is CC(=O)OC1CC2CC[C@@H]3[C@@H](CC[C@]4(C)C(OC(C)=O)CC[C@@H]34)[C@@]2(C)CC1(N1CCC(O)CC1)[N+]1(C)CCCCC1. The molecule has 1 N–H and O–H groups in total. The van der Waals surface area contributed by atoms with Gasteiger partial charge in [-0.25, -0.2) is 4.90 Å². The van der Waals surface area contributed by atoms with Gasteiger partial charge in [-0.05, 0) is 106 Å². The molecule has 7 nitrogen and oxygen atoms in total. The van der Waals surface area contributed by atoms with Crippen molar-refractivity contribution in [2.75, 3.05) is 33.2 Å². The number of likely N-dealkylation sites (N-methyl/N-ethyl adjacent to an activating group) is 1. The van der Waals surface area contributed by atoms with Crippen LogP contribution in [-0.2, 0) is 19.1 Å². The highest BCUT2D eigenvalue weighted by Crippen LogP contribution is 2.68. The van der Waals surface area contributed by atoms with Crippen molar-refractivity contribution < 1.29 is 28.7 Å². The predicted molar refractivity (Wildman–Crippen MR) is 158 cm³/mol. The molecule has 2 saturated heterocycles. The van der Waals surface area contributed by atoms with Crippen LogP contribution in [0.15, 0.2) is 0 Å². The number of fused-ring (bicyclic) bond motifs is 5. The van der Waals surface area contributed by atoms with Crippen LogP contribution in [-0.4, -0.2) is 83.6 Å². The molecular formula is C34H57N2O5+. The van der Waals surface area contributed by atoms with Crippen LogP contribution < -0.4 is 0 Å². The minimum absolute atomic E-state index is 0.0628. The van der Waals surface area contributed by atoms with Crippen molar-refractivity contribution in [1.82, 2.24) is 4.90 Å². The number of rotatable bonds is 4. The Kier molecular flexibility index (Phi) is 7.84. The Hall–Kier alpha value is -1.18. The molecule has 232 valence electrons. The monoisotopic (exact) mass is 573 g/mol. The average molecular weight is 574 g/mol. The number of aliphatic hydroxyl groups is 1. The van der Waals surface area contributed by atoms with Crippen LogP contribution in [0.2, 0.25) is 0 Å². The van der Waals surface area contributed by atoms with Crippen LogP contribution in [0, 0.1) is 34.5 Å². The van der Waals surface area contributed by atoms with Crippen LogP contribution >= 0.6 is 0 Å². The summed E-state index contributed by atoms with van der Waals surface area (Å²) < 4.78 is 13.4. The van der Waals surface area contributed by atoms with E-state index in [0.29, 0.717) is 23.7 Å². The molecule has 7 heteroatoms. The number of esters is 2. The second kappa shape index (κ2) is 10.8. The number of aliphatic hydroxyl groups excluding tert-OH is 1. The molecule has 0 spiro atoms. The summed E-state index contributed by atoms with van der Waals surface area (Å²) in [6.45, 7) is 12.3. The van der Waals surface area contributed by atoms with Crippen molar-refractivity contribution in [3.8, 4) is 0 Å². The Morgan fingerprint density at radius 3 is 2.10 bits per heavy atom. The molecular weight excluding hydrogens is 516 g/mol. The number of carbonyl (C=O) groups excluding carboxylic acids is 2. The third-order valence-electron chi connectivity index (χ3n) is 14.0. The van der Waals surface area contributed by atoms with Crippen molar-refractivity contribution >= 4 is 11.9 Å². The third kappa shape index (κ3) is 4.70. The van der Waals surface area contributed by atoms with E-state index in [4.69, 9.17) is 9.47 Å². The normalized spacial score (nSPS) is 46.6. The van der Waals surface area contributed by atoms with E-state index in [1.54, 1.807) is 13.8 Å². The fourth-order valence-corrected chi connectivity index (χ4v) is 12.1. The van der Waals surface area contributed by atoms with Gasteiger partial charge in [-0.2, -0.15) is 0 Å². The van der Waals surface area contributed by atoms with Gasteiger partial charge in [0, 0.05) is 38.8 Å². The number of nitrogens with zero attached hydrogens (tertiary/aromatic N) is 2. The van der Waals surface area contributed by atoms with E-state index in [1.165, 1.54) is 44.9 Å². The summed E-state index contributed by atoms with van der Waals surface area (Å²) in [6, 6.07) is 0. The summed E-state index contributed by atoms with van der Waals surface area (Å²) in [5.41, 5.74) is 0.0156. The summed E-state index contributed by atoms with van der Waals surface area (Å²) in [5, 5.41) is 10.5. The lowest BCUT2D eigenvalue weighted by Crippen LogP contribution is -2.80. The number of quaternary nitrogens is 1. The molecule has 0 bridgehead atoms. The maximum atomic E-state index is 12.7. The molecule has 4 unspecified atom stereocenters. The number of hydrogen-bond acceptors (Lipinski definition) is 6. The van der Waals surface area contributed by atoms with Crippen LogP contribution in [0.1, 0.15) is 111 Å². The van der Waals surface area contributed by atoms with E-state index >= 15 is 0 Å². The predicted octanol–water partition coefficient (Wildman–Crippen LogP) is 5.29. The van der Waals surface area contributed by atoms with Gasteiger partial charge in [-0.3, -0.25) is 9.59 Å². The Balaban J connectivity index is 1.39. The zero-order valence-electron chi connectivity index (χ0n) is 26.5. The summed E-state index contributed by atoms with van der Waals surface area (Å²) in [6.07, 6.45) is 14.1. The molecule has 0 radical (unpaired) electrons. The number of hydrogen-bond donors (Lipinski definition) is 1. The quantitative estimate of drug-likeness (QED) is 0.364. The molecule has 6 rings (SSSR count). The first kappa shape index (κ1) is 29.9. The van der Waals surface area contributed by atoms with Crippen LogP contribution in [0.5, 0.6) is 0 Å². The highest BCUT2D eigenvalue weighted by Gasteiger charge is 2.70. The van der Waals surface area contributed by atoms with E-state index in [1.807, 2.05) is 0 Å². The fourth-order valence-electron chi connectivity index (χ4n) is 12.1. The van der Waals surface area contributed by atoms with E-state index in [9.17, 15) is 14.7 Å². The van der Waals surface area contributed by atoms with Gasteiger partial charge >= 0.3 is 11.9 Å². The lowest BCUT2D eigenvalue weighted by Gasteiger charge is -2.69. The Bertz CT molecular complexity index is 1010. The Morgan fingerprint density at radius 1 is 0.805 bits per heavy atom. The number of likely N-dealkylation sites (tertiary alicyclic amines) is 2. The number of carbonyl (C=O) groups is 2. The van der Waals surface area contributed by atoms with Gasteiger partial charge < -0.3 is 19.1 Å². The topological polar surface area (TPSA) is 76.1 Å². The van der Waals surface area contributed by atoms with E-state index < -0.39 is 0 Å². The van der Waals surface area contributed by atoms with Crippen molar-refractivity contribution in [3.05, 3.63) is 0 Å². The van der Waals surface area contributed by atoms with Gasteiger partial charge in [0.1, 0.15) is 6.10 Å². The molecule has 2 aliphatic heterocycles. The van der Waals surface area contributed by atoms with Gasteiger partial charge in [0.05, 0.1) is 26.2 Å². The van der Waals surface area contributed by atoms with Gasteiger partial charge in [-0.15, -0.1) is 0 Å². The lowest BCUT2D eigenvalue weighted by molar-refractivity contribution is -0.983. The van der Waals surface area contributed by atoms with Crippen LogP contribution in [0.4, 0.5) is 0 Å². The van der Waals surface area contributed by atoms with E-state index in [-0.39, 0.29) is 46.7 Å². The molecule has 0 aromatic carbocycles. The highest BCUT2D eigenvalue weighted by atomic mass is 16.5. The summed E-state index contributed by atoms with van der Waals surface area (Å²) in [7, 11) is 2.48.